The number of ether oxygens (including phenoxy) is 2. The van der Waals surface area contributed by atoms with Crippen LogP contribution in [0.3, 0.4) is 0 Å². The van der Waals surface area contributed by atoms with Gasteiger partial charge in [-0.3, -0.25) is 14.4 Å². The Hall–Kier alpha value is -4.49. The maximum absolute atomic E-state index is 14.7. The lowest BCUT2D eigenvalue weighted by molar-refractivity contribution is 0.0664. The van der Waals surface area contributed by atoms with Gasteiger partial charge in [-0.15, -0.1) is 11.3 Å². The van der Waals surface area contributed by atoms with E-state index in [1.807, 2.05) is 64.9 Å². The Morgan fingerprint density at radius 2 is 1.57 bits per heavy atom. The molecule has 3 aliphatic rings. The molecular weight excluding hydrogens is 522 g/mol. The highest BCUT2D eigenvalue weighted by Gasteiger charge is 2.72. The van der Waals surface area contributed by atoms with E-state index in [1.54, 1.807) is 43.5 Å². The molecule has 198 valence electrons. The summed E-state index contributed by atoms with van der Waals surface area (Å²) in [7, 11) is 3.08. The summed E-state index contributed by atoms with van der Waals surface area (Å²) < 4.78 is 11.5. The number of para-hydroxylation sites is 2. The monoisotopic (exact) mass is 547 g/mol. The molecule has 0 unspecified atom stereocenters. The molecule has 1 aliphatic carbocycles. The number of fused-ring (bicyclic) bond motifs is 5. The van der Waals surface area contributed by atoms with Gasteiger partial charge in [-0.05, 0) is 29.1 Å². The minimum Gasteiger partial charge on any atom is -0.493 e. The van der Waals surface area contributed by atoms with Gasteiger partial charge in [0, 0.05) is 28.3 Å². The first-order valence-electron chi connectivity index (χ1n) is 13.1. The van der Waals surface area contributed by atoms with Crippen LogP contribution in [-0.4, -0.2) is 43.7 Å². The van der Waals surface area contributed by atoms with Crippen molar-refractivity contribution in [3.8, 4) is 11.5 Å². The third kappa shape index (κ3) is 3.06. The van der Waals surface area contributed by atoms with E-state index in [4.69, 9.17) is 9.47 Å². The summed E-state index contributed by atoms with van der Waals surface area (Å²) >= 11 is 1.35. The molecule has 3 heterocycles. The van der Waals surface area contributed by atoms with Gasteiger partial charge in [-0.2, -0.15) is 0 Å². The molecular formula is C33H25NO5S. The lowest BCUT2D eigenvalue weighted by atomic mass is 9.64. The molecule has 0 amide bonds. The number of carbonyl (C=O) groups excluding carboxylic acids is 3. The Bertz CT molecular complexity index is 1690. The first-order valence-corrected chi connectivity index (χ1v) is 13.9. The second-order valence-corrected chi connectivity index (χ2v) is 11.1. The fourth-order valence-corrected chi connectivity index (χ4v) is 7.68. The van der Waals surface area contributed by atoms with Gasteiger partial charge in [-0.1, -0.05) is 72.8 Å². The molecule has 0 saturated carbocycles. The molecule has 3 aromatic carbocycles. The van der Waals surface area contributed by atoms with E-state index in [0.717, 1.165) is 11.3 Å². The molecule has 1 aromatic heterocycles. The topological polar surface area (TPSA) is 72.9 Å². The highest BCUT2D eigenvalue weighted by Crippen LogP contribution is 2.62. The molecule has 7 rings (SSSR count). The van der Waals surface area contributed by atoms with Gasteiger partial charge < -0.3 is 14.4 Å². The summed E-state index contributed by atoms with van der Waals surface area (Å²) in [6.07, 6.45) is 3.88. The van der Waals surface area contributed by atoms with Crippen molar-refractivity contribution in [3.05, 3.63) is 117 Å². The summed E-state index contributed by atoms with van der Waals surface area (Å²) in [6, 6.07) is 22.3. The highest BCUT2D eigenvalue weighted by atomic mass is 32.1. The summed E-state index contributed by atoms with van der Waals surface area (Å²) in [5, 5.41) is 1.86. The molecule has 4 aromatic rings. The zero-order valence-corrected chi connectivity index (χ0v) is 22.7. The van der Waals surface area contributed by atoms with E-state index in [2.05, 4.69) is 0 Å². The van der Waals surface area contributed by atoms with Crippen molar-refractivity contribution < 1.29 is 23.9 Å². The van der Waals surface area contributed by atoms with E-state index in [1.165, 1.54) is 18.4 Å². The molecule has 6 nitrogen and oxygen atoms in total. The molecule has 0 N–H and O–H groups in total. The minimum atomic E-state index is -1.59. The summed E-state index contributed by atoms with van der Waals surface area (Å²) in [4.78, 5) is 46.6. The van der Waals surface area contributed by atoms with Crippen molar-refractivity contribution in [2.75, 3.05) is 19.1 Å². The largest absolute Gasteiger partial charge is 0.493 e. The molecule has 3 atom stereocenters. The lowest BCUT2D eigenvalue weighted by Crippen LogP contribution is -2.48. The predicted octanol–water partition coefficient (Wildman–Crippen LogP) is 6.08. The van der Waals surface area contributed by atoms with Gasteiger partial charge in [0.15, 0.2) is 28.8 Å². The number of Topliss-reactive ketones (excluding diaryl/α,β-unsaturated/α-hetero) is 3. The van der Waals surface area contributed by atoms with Gasteiger partial charge >= 0.3 is 0 Å². The van der Waals surface area contributed by atoms with Crippen LogP contribution in [0.4, 0.5) is 5.69 Å². The Morgan fingerprint density at radius 3 is 2.25 bits per heavy atom. The van der Waals surface area contributed by atoms with E-state index in [-0.39, 0.29) is 17.3 Å². The van der Waals surface area contributed by atoms with E-state index < -0.39 is 23.4 Å². The molecule has 1 spiro atoms. The van der Waals surface area contributed by atoms with Crippen LogP contribution in [0.15, 0.2) is 90.3 Å². The number of hydrogen-bond acceptors (Lipinski definition) is 7. The van der Waals surface area contributed by atoms with Crippen molar-refractivity contribution in [1.29, 1.82) is 0 Å². The second kappa shape index (κ2) is 9.03. The summed E-state index contributed by atoms with van der Waals surface area (Å²) in [6.45, 7) is 0. The van der Waals surface area contributed by atoms with E-state index >= 15 is 0 Å². The normalized spacial score (nSPS) is 21.8. The van der Waals surface area contributed by atoms with Gasteiger partial charge in [0.1, 0.15) is 11.5 Å². The summed E-state index contributed by atoms with van der Waals surface area (Å²) in [5.74, 6) is -0.679. The molecule has 0 bridgehead atoms. The number of anilines is 1. The molecule has 1 fully saturated rings. The average Bonchev–Trinajstić information content (AvgIpc) is 3.70. The maximum Gasteiger partial charge on any atom is 0.195 e. The average molecular weight is 548 g/mol. The van der Waals surface area contributed by atoms with Crippen LogP contribution in [0.1, 0.15) is 47.4 Å². The third-order valence-corrected chi connectivity index (χ3v) is 9.40. The number of methoxy groups -OCH3 is 2. The molecule has 2 aliphatic heterocycles. The molecule has 7 heteroatoms. The van der Waals surface area contributed by atoms with Crippen LogP contribution in [0.2, 0.25) is 0 Å². The van der Waals surface area contributed by atoms with Gasteiger partial charge in [-0.25, -0.2) is 0 Å². The van der Waals surface area contributed by atoms with Crippen LogP contribution >= 0.6 is 11.3 Å². The van der Waals surface area contributed by atoms with Crippen LogP contribution in [0.25, 0.3) is 6.08 Å². The number of thiophene rings is 1. The maximum atomic E-state index is 14.7. The molecule has 1 saturated heterocycles. The number of carbonyl (C=O) groups is 3. The lowest BCUT2D eigenvalue weighted by Gasteiger charge is -2.37. The van der Waals surface area contributed by atoms with Crippen LogP contribution in [0, 0.1) is 5.41 Å². The van der Waals surface area contributed by atoms with Crippen LogP contribution in [0.5, 0.6) is 11.5 Å². The second-order valence-electron chi connectivity index (χ2n) is 10.2. The summed E-state index contributed by atoms with van der Waals surface area (Å²) in [5.41, 5.74) is 1.50. The van der Waals surface area contributed by atoms with Crippen LogP contribution in [-0.2, 0) is 0 Å². The highest BCUT2D eigenvalue weighted by molar-refractivity contribution is 7.12. The first-order chi connectivity index (χ1) is 19.5. The van der Waals surface area contributed by atoms with Crippen molar-refractivity contribution in [1.82, 2.24) is 0 Å². The minimum absolute atomic E-state index is 0.145. The smallest absolute Gasteiger partial charge is 0.195 e. The van der Waals surface area contributed by atoms with Crippen molar-refractivity contribution in [2.24, 2.45) is 5.41 Å². The van der Waals surface area contributed by atoms with Crippen molar-refractivity contribution in [2.45, 2.75) is 18.0 Å². The van der Waals surface area contributed by atoms with E-state index in [0.29, 0.717) is 33.1 Å². The Labute approximate surface area is 235 Å². The van der Waals surface area contributed by atoms with Crippen LogP contribution < -0.4 is 14.4 Å². The fourth-order valence-electron chi connectivity index (χ4n) is 6.98. The van der Waals surface area contributed by atoms with Crippen molar-refractivity contribution >= 4 is 40.4 Å². The number of hydrogen-bond donors (Lipinski definition) is 0. The van der Waals surface area contributed by atoms with Gasteiger partial charge in [0.05, 0.1) is 25.1 Å². The fraction of sp³-hybridized carbons (Fsp3) is 0.182. The zero-order valence-electron chi connectivity index (χ0n) is 21.9. The van der Waals surface area contributed by atoms with E-state index in [9.17, 15) is 14.4 Å². The standard InChI is InChI=1S/C33H25NO5S/c1-38-24-14-7-12-22(30(24)39-2)27-28(29(35)25-15-8-18-40-25)34-23-13-6-3-9-19(23)16-17-26(34)33(27)31(36)20-10-4-5-11-21(20)32(33)37/h3-18,26-28H,1-2H3/t26-,27+,28-/m0/s1. The number of rotatable bonds is 5. The first kappa shape index (κ1) is 24.5. The van der Waals surface area contributed by atoms with Crippen molar-refractivity contribution in [3.63, 3.8) is 0 Å². The zero-order chi connectivity index (χ0) is 27.6. The molecule has 0 radical (unpaired) electrons. The predicted molar refractivity (Wildman–Crippen MR) is 154 cm³/mol. The quantitative estimate of drug-likeness (QED) is 0.223. The number of ketones is 3. The number of nitrogens with zero attached hydrogens (tertiary/aromatic N) is 1. The third-order valence-electron chi connectivity index (χ3n) is 8.51. The van der Waals surface area contributed by atoms with Gasteiger partial charge in [0.2, 0.25) is 0 Å². The Morgan fingerprint density at radius 1 is 0.850 bits per heavy atom. The number of benzene rings is 3. The molecule has 40 heavy (non-hydrogen) atoms. The van der Waals surface area contributed by atoms with Gasteiger partial charge in [0.25, 0.3) is 0 Å². The Kier molecular flexibility index (Phi) is 5.54. The SMILES string of the molecule is COc1cccc([C@@H]2[C@@H](C(=O)c3cccs3)N3c4ccccc4C=C[C@H]3C23C(=O)c2ccccc2C3=O)c1OC. The Balaban J connectivity index is 1.59.